The van der Waals surface area contributed by atoms with E-state index in [2.05, 4.69) is 11.4 Å². The molecule has 0 saturated heterocycles. The van der Waals surface area contributed by atoms with Gasteiger partial charge >= 0.3 is 0 Å². The van der Waals surface area contributed by atoms with Gasteiger partial charge in [-0.05, 0) is 72.7 Å². The molecule has 176 valence electrons. The Morgan fingerprint density at radius 1 is 1.17 bits per heavy atom. The monoisotopic (exact) mass is 525 g/mol. The van der Waals surface area contributed by atoms with Crippen molar-refractivity contribution in [2.75, 3.05) is 5.32 Å². The smallest absolute Gasteiger partial charge is 0.266 e. The Morgan fingerprint density at radius 2 is 1.91 bits per heavy atom. The third-order valence-electron chi connectivity index (χ3n) is 5.48. The molecule has 3 aromatic rings. The van der Waals surface area contributed by atoms with Crippen LogP contribution in [0.25, 0.3) is 6.08 Å². The predicted molar refractivity (Wildman–Crippen MR) is 135 cm³/mol. The second-order valence-corrected chi connectivity index (χ2v) is 9.80. The number of aryl methyl sites for hydroxylation is 1. The maximum Gasteiger partial charge on any atom is 0.266 e. The van der Waals surface area contributed by atoms with Crippen molar-refractivity contribution in [1.82, 2.24) is 0 Å². The van der Waals surface area contributed by atoms with Crippen LogP contribution in [-0.4, -0.2) is 5.91 Å². The van der Waals surface area contributed by atoms with E-state index in [-0.39, 0.29) is 33.8 Å². The lowest BCUT2D eigenvalue weighted by molar-refractivity contribution is -0.112. The molecule has 1 aliphatic rings. The molecule has 9 heteroatoms. The second-order valence-electron chi connectivity index (χ2n) is 7.88. The van der Waals surface area contributed by atoms with Crippen molar-refractivity contribution in [2.24, 2.45) is 0 Å². The highest BCUT2D eigenvalue weighted by molar-refractivity contribution is 7.16. The maximum absolute atomic E-state index is 13.4. The first-order valence-electron chi connectivity index (χ1n) is 10.7. The molecule has 5 nitrogen and oxygen atoms in total. The number of carbonyl (C=O) groups excluding carboxylic acids is 1. The number of ether oxygens (including phenoxy) is 1. The summed E-state index contributed by atoms with van der Waals surface area (Å²) >= 11 is 14.1. The van der Waals surface area contributed by atoms with Gasteiger partial charge in [-0.15, -0.1) is 11.3 Å². The lowest BCUT2D eigenvalue weighted by atomic mass is 9.96. The standard InChI is InChI=1S/C26H18Cl2FN3O2S/c27-21-10-16(11-22(28)24(21)34-14-15-4-3-5-18(29)9-15)8-17(12-30)25(33)32-26-20(13-31)19-6-1-2-7-23(19)35-26/h3-5,8-11H,1-2,6-7,14H2,(H,32,33)/b17-8+. The molecule has 0 fully saturated rings. The summed E-state index contributed by atoms with van der Waals surface area (Å²) in [5, 5.41) is 22.7. The van der Waals surface area contributed by atoms with Crippen molar-refractivity contribution < 1.29 is 13.9 Å². The Balaban J connectivity index is 1.53. The number of halogens is 3. The van der Waals surface area contributed by atoms with Gasteiger partial charge in [-0.25, -0.2) is 4.39 Å². The van der Waals surface area contributed by atoms with Crippen LogP contribution in [0.3, 0.4) is 0 Å². The molecule has 0 bridgehead atoms. The van der Waals surface area contributed by atoms with Crippen LogP contribution >= 0.6 is 34.5 Å². The number of carbonyl (C=O) groups is 1. The quantitative estimate of drug-likeness (QED) is 0.275. The number of nitrogens with one attached hydrogen (secondary N) is 1. The van der Waals surface area contributed by atoms with E-state index in [0.29, 0.717) is 21.7 Å². The van der Waals surface area contributed by atoms with Crippen molar-refractivity contribution in [3.8, 4) is 17.9 Å². The fraction of sp³-hybridized carbons (Fsp3) is 0.192. The van der Waals surface area contributed by atoms with E-state index in [1.807, 2.05) is 6.07 Å². The average molecular weight is 526 g/mol. The fourth-order valence-electron chi connectivity index (χ4n) is 3.84. The first kappa shape index (κ1) is 24.8. The van der Waals surface area contributed by atoms with E-state index >= 15 is 0 Å². The molecular formula is C26H18Cl2FN3O2S. The van der Waals surface area contributed by atoms with Crippen LogP contribution in [0.15, 0.2) is 42.0 Å². The number of thiophene rings is 1. The number of benzene rings is 2. The molecule has 0 atom stereocenters. The molecule has 0 unspecified atom stereocenters. The van der Waals surface area contributed by atoms with Gasteiger partial charge in [0.15, 0.2) is 5.75 Å². The number of nitrogens with zero attached hydrogens (tertiary/aromatic N) is 2. The van der Waals surface area contributed by atoms with Gasteiger partial charge in [-0.1, -0.05) is 35.3 Å². The molecule has 0 radical (unpaired) electrons. The van der Waals surface area contributed by atoms with Gasteiger partial charge < -0.3 is 10.1 Å². The molecule has 1 amide bonds. The fourth-order valence-corrected chi connectivity index (χ4v) is 5.69. The van der Waals surface area contributed by atoms with Crippen molar-refractivity contribution >= 4 is 51.5 Å². The zero-order chi connectivity index (χ0) is 24.9. The Bertz CT molecular complexity index is 1400. The van der Waals surface area contributed by atoms with Crippen molar-refractivity contribution in [2.45, 2.75) is 32.3 Å². The highest BCUT2D eigenvalue weighted by Gasteiger charge is 2.23. The minimum absolute atomic E-state index is 0.0598. The number of hydrogen-bond acceptors (Lipinski definition) is 5. The van der Waals surface area contributed by atoms with Crippen LogP contribution in [-0.2, 0) is 24.2 Å². The molecule has 35 heavy (non-hydrogen) atoms. The number of amides is 1. The molecule has 2 aromatic carbocycles. The van der Waals surface area contributed by atoms with Gasteiger partial charge in [0.05, 0.1) is 15.6 Å². The Hall–Kier alpha value is -3.36. The maximum atomic E-state index is 13.4. The topological polar surface area (TPSA) is 85.9 Å². The van der Waals surface area contributed by atoms with Crippen molar-refractivity contribution in [1.29, 1.82) is 10.5 Å². The van der Waals surface area contributed by atoms with Crippen LogP contribution in [0, 0.1) is 28.5 Å². The highest BCUT2D eigenvalue weighted by atomic mass is 35.5. The zero-order valence-electron chi connectivity index (χ0n) is 18.3. The molecule has 1 aromatic heterocycles. The Kier molecular flexibility index (Phi) is 7.73. The summed E-state index contributed by atoms with van der Waals surface area (Å²) in [5.74, 6) is -0.794. The second kappa shape index (κ2) is 10.9. The van der Waals surface area contributed by atoms with E-state index in [9.17, 15) is 19.7 Å². The third-order valence-corrected chi connectivity index (χ3v) is 7.25. The van der Waals surface area contributed by atoms with Crippen LogP contribution in [0.2, 0.25) is 10.0 Å². The van der Waals surface area contributed by atoms with Crippen LogP contribution < -0.4 is 10.1 Å². The van der Waals surface area contributed by atoms with E-state index in [4.69, 9.17) is 27.9 Å². The van der Waals surface area contributed by atoms with E-state index in [1.54, 1.807) is 12.1 Å². The van der Waals surface area contributed by atoms with Gasteiger partial charge in [0.25, 0.3) is 5.91 Å². The van der Waals surface area contributed by atoms with Crippen LogP contribution in [0.4, 0.5) is 9.39 Å². The normalized spacial score (nSPS) is 12.9. The molecule has 1 heterocycles. The van der Waals surface area contributed by atoms with Crippen molar-refractivity contribution in [3.63, 3.8) is 0 Å². The largest absolute Gasteiger partial charge is 0.486 e. The van der Waals surface area contributed by atoms with Gasteiger partial charge in [-0.2, -0.15) is 10.5 Å². The Morgan fingerprint density at radius 3 is 2.60 bits per heavy atom. The highest BCUT2D eigenvalue weighted by Crippen LogP contribution is 2.38. The third kappa shape index (κ3) is 5.66. The minimum atomic E-state index is -0.624. The zero-order valence-corrected chi connectivity index (χ0v) is 20.7. The lowest BCUT2D eigenvalue weighted by Gasteiger charge is -2.11. The minimum Gasteiger partial charge on any atom is -0.486 e. The lowest BCUT2D eigenvalue weighted by Crippen LogP contribution is -2.13. The Labute approximate surface area is 216 Å². The summed E-state index contributed by atoms with van der Waals surface area (Å²) in [5.41, 5.74) is 2.34. The number of anilines is 1. The van der Waals surface area contributed by atoms with Gasteiger partial charge in [0.2, 0.25) is 0 Å². The number of hydrogen-bond donors (Lipinski definition) is 1. The van der Waals surface area contributed by atoms with E-state index in [1.165, 1.54) is 41.7 Å². The summed E-state index contributed by atoms with van der Waals surface area (Å²) in [6.45, 7) is 0.0598. The first-order chi connectivity index (χ1) is 16.9. The number of nitriles is 2. The summed E-state index contributed by atoms with van der Waals surface area (Å²) in [7, 11) is 0. The van der Waals surface area contributed by atoms with Crippen molar-refractivity contribution in [3.05, 3.63) is 85.0 Å². The van der Waals surface area contributed by atoms with E-state index in [0.717, 1.165) is 36.1 Å². The molecule has 1 aliphatic carbocycles. The summed E-state index contributed by atoms with van der Waals surface area (Å²) in [6.07, 6.45) is 5.13. The molecule has 0 aliphatic heterocycles. The average Bonchev–Trinajstić information content (AvgIpc) is 3.18. The molecule has 0 saturated carbocycles. The summed E-state index contributed by atoms with van der Waals surface area (Å²) < 4.78 is 19.0. The first-order valence-corrected chi connectivity index (χ1v) is 12.3. The van der Waals surface area contributed by atoms with E-state index < -0.39 is 5.91 Å². The van der Waals surface area contributed by atoms with Crippen LogP contribution in [0.1, 0.15) is 40.0 Å². The molecule has 1 N–H and O–H groups in total. The summed E-state index contributed by atoms with van der Waals surface area (Å²) in [4.78, 5) is 13.9. The molecular weight excluding hydrogens is 508 g/mol. The van der Waals surface area contributed by atoms with Gasteiger partial charge in [-0.3, -0.25) is 4.79 Å². The summed E-state index contributed by atoms with van der Waals surface area (Å²) in [6, 6.07) is 13.1. The van der Waals surface area contributed by atoms with Gasteiger partial charge in [0.1, 0.15) is 35.1 Å². The molecule has 0 spiro atoms. The SMILES string of the molecule is N#C/C(=C\c1cc(Cl)c(OCc2cccc(F)c2)c(Cl)c1)C(=O)Nc1sc2c(c1C#N)CCCC2. The van der Waals surface area contributed by atoms with Gasteiger partial charge in [0, 0.05) is 4.88 Å². The number of rotatable bonds is 6. The number of fused-ring (bicyclic) bond motifs is 1. The molecule has 4 rings (SSSR count). The predicted octanol–water partition coefficient (Wildman–Crippen LogP) is 7.07. The van der Waals surface area contributed by atoms with Crippen LogP contribution in [0.5, 0.6) is 5.75 Å².